The summed E-state index contributed by atoms with van der Waals surface area (Å²) in [5.74, 6) is -0.0279. The zero-order chi connectivity index (χ0) is 15.0. The number of rotatable bonds is 9. The zero-order valence-electron chi connectivity index (χ0n) is 11.7. The Hall–Kier alpha value is -0.980. The van der Waals surface area contributed by atoms with E-state index in [9.17, 15) is 8.42 Å². The monoisotopic (exact) mass is 315 g/mol. The highest BCUT2D eigenvalue weighted by atomic mass is 32.2. The number of thiocarbonyl (C=S) groups is 1. The summed E-state index contributed by atoms with van der Waals surface area (Å²) in [5.41, 5.74) is 6.07. The maximum Gasteiger partial charge on any atom is 0.180 e. The molecule has 0 atom stereocenters. The predicted octanol–water partition coefficient (Wildman–Crippen LogP) is 2.30. The molecule has 1 rings (SSSR count). The third kappa shape index (κ3) is 5.56. The first-order valence-electron chi connectivity index (χ1n) is 6.67. The van der Waals surface area contributed by atoms with Crippen LogP contribution in [-0.2, 0) is 14.6 Å². The molecule has 0 aliphatic heterocycles. The lowest BCUT2D eigenvalue weighted by Gasteiger charge is -2.07. The van der Waals surface area contributed by atoms with Gasteiger partial charge in [0, 0.05) is 12.2 Å². The maximum absolute atomic E-state index is 12.1. The van der Waals surface area contributed by atoms with Crippen LogP contribution in [0.25, 0.3) is 0 Å². The van der Waals surface area contributed by atoms with Crippen LogP contribution >= 0.6 is 12.2 Å². The summed E-state index contributed by atoms with van der Waals surface area (Å²) in [7, 11) is -3.35. The molecule has 0 fully saturated rings. The van der Waals surface area contributed by atoms with Crippen LogP contribution in [0.5, 0.6) is 0 Å². The topological polar surface area (TPSA) is 69.4 Å². The molecule has 6 heteroatoms. The van der Waals surface area contributed by atoms with Gasteiger partial charge in [-0.25, -0.2) is 8.42 Å². The summed E-state index contributed by atoms with van der Waals surface area (Å²) in [6.07, 6.45) is 3.18. The Labute approximate surface area is 126 Å². The van der Waals surface area contributed by atoms with Gasteiger partial charge in [0.05, 0.1) is 17.3 Å². The molecule has 0 amide bonds. The molecule has 0 spiro atoms. The van der Waals surface area contributed by atoms with E-state index < -0.39 is 9.84 Å². The van der Waals surface area contributed by atoms with E-state index in [1.807, 2.05) is 0 Å². The van der Waals surface area contributed by atoms with Crippen LogP contribution in [0.3, 0.4) is 0 Å². The minimum atomic E-state index is -3.35. The molecule has 1 aromatic rings. The van der Waals surface area contributed by atoms with Gasteiger partial charge in [0.1, 0.15) is 4.99 Å². The molecule has 4 nitrogen and oxygen atoms in total. The molecule has 0 aliphatic rings. The van der Waals surface area contributed by atoms with Crippen LogP contribution in [0.15, 0.2) is 29.2 Å². The van der Waals surface area contributed by atoms with E-state index in [1.165, 1.54) is 6.07 Å². The molecule has 2 N–H and O–H groups in total. The van der Waals surface area contributed by atoms with E-state index in [1.54, 1.807) is 18.2 Å². The minimum Gasteiger partial charge on any atom is -0.389 e. The van der Waals surface area contributed by atoms with Crippen LogP contribution < -0.4 is 5.73 Å². The van der Waals surface area contributed by atoms with Gasteiger partial charge in [-0.05, 0) is 18.6 Å². The van der Waals surface area contributed by atoms with Crippen molar-refractivity contribution in [1.82, 2.24) is 0 Å². The van der Waals surface area contributed by atoms with Crippen LogP contribution in [0.4, 0.5) is 0 Å². The molecule has 0 aromatic heterocycles. The lowest BCUT2D eigenvalue weighted by molar-refractivity contribution is 0.144. The standard InChI is InChI=1S/C14H21NO3S2/c1-2-3-4-8-18-9-10-20(16,17)13-7-5-6-12(11-13)14(15)19/h5-7,11H,2-4,8-10H2,1H3,(H2,15,19). The number of hydrogen-bond donors (Lipinski definition) is 1. The van der Waals surface area contributed by atoms with Crippen molar-refractivity contribution < 1.29 is 13.2 Å². The molecule has 0 saturated carbocycles. The normalized spacial score (nSPS) is 11.4. The SMILES string of the molecule is CCCCCOCCS(=O)(=O)c1cccc(C(N)=S)c1. The second-order valence-corrected chi connectivity index (χ2v) is 7.08. The molecule has 1 aromatic carbocycles. The van der Waals surface area contributed by atoms with E-state index in [-0.39, 0.29) is 22.2 Å². The first-order valence-corrected chi connectivity index (χ1v) is 8.74. The molecule has 0 heterocycles. The Bertz CT molecular complexity index is 541. The van der Waals surface area contributed by atoms with Crippen LogP contribution in [0, 0.1) is 0 Å². The van der Waals surface area contributed by atoms with Crippen molar-refractivity contribution in [3.8, 4) is 0 Å². The Morgan fingerprint density at radius 3 is 2.70 bits per heavy atom. The van der Waals surface area contributed by atoms with Gasteiger partial charge in [-0.2, -0.15) is 0 Å². The second kappa shape index (κ2) is 8.34. The van der Waals surface area contributed by atoms with Crippen molar-refractivity contribution in [3.05, 3.63) is 29.8 Å². The smallest absolute Gasteiger partial charge is 0.180 e. The molecule has 0 unspecified atom stereocenters. The van der Waals surface area contributed by atoms with Gasteiger partial charge in [-0.1, -0.05) is 44.1 Å². The highest BCUT2D eigenvalue weighted by Gasteiger charge is 2.15. The summed E-state index contributed by atoms with van der Waals surface area (Å²) in [6.45, 7) is 2.93. The summed E-state index contributed by atoms with van der Waals surface area (Å²) < 4.78 is 29.6. The minimum absolute atomic E-state index is 0.0279. The summed E-state index contributed by atoms with van der Waals surface area (Å²) in [5, 5.41) is 0. The van der Waals surface area contributed by atoms with Crippen molar-refractivity contribution >= 4 is 27.0 Å². The van der Waals surface area contributed by atoms with Crippen molar-refractivity contribution in [1.29, 1.82) is 0 Å². The molecule has 0 aliphatic carbocycles. The highest BCUT2D eigenvalue weighted by molar-refractivity contribution is 7.91. The molecule has 0 saturated heterocycles. The molecule has 0 radical (unpaired) electrons. The number of nitrogens with two attached hydrogens (primary N) is 1. The van der Waals surface area contributed by atoms with Crippen LogP contribution in [0.1, 0.15) is 31.7 Å². The number of hydrogen-bond acceptors (Lipinski definition) is 4. The van der Waals surface area contributed by atoms with E-state index in [0.717, 1.165) is 19.3 Å². The van der Waals surface area contributed by atoms with Crippen molar-refractivity contribution in [2.24, 2.45) is 5.73 Å². The number of benzene rings is 1. The molecule has 0 bridgehead atoms. The molecular formula is C14H21NO3S2. The molecule has 20 heavy (non-hydrogen) atoms. The number of ether oxygens (including phenoxy) is 1. The van der Waals surface area contributed by atoms with Gasteiger partial charge < -0.3 is 10.5 Å². The second-order valence-electron chi connectivity index (χ2n) is 4.53. The van der Waals surface area contributed by atoms with E-state index in [0.29, 0.717) is 12.2 Å². The molecule has 112 valence electrons. The Morgan fingerprint density at radius 1 is 1.30 bits per heavy atom. The van der Waals surface area contributed by atoms with Crippen molar-refractivity contribution in [3.63, 3.8) is 0 Å². The lowest BCUT2D eigenvalue weighted by atomic mass is 10.2. The fraction of sp³-hybridized carbons (Fsp3) is 0.500. The van der Waals surface area contributed by atoms with Gasteiger partial charge >= 0.3 is 0 Å². The van der Waals surface area contributed by atoms with E-state index in [2.05, 4.69) is 6.92 Å². The van der Waals surface area contributed by atoms with Gasteiger partial charge in [0.2, 0.25) is 0 Å². The van der Waals surface area contributed by atoms with Gasteiger partial charge in [-0.3, -0.25) is 0 Å². The highest BCUT2D eigenvalue weighted by Crippen LogP contribution is 2.13. The fourth-order valence-corrected chi connectivity index (χ4v) is 2.98. The summed E-state index contributed by atoms with van der Waals surface area (Å²) >= 11 is 4.85. The van der Waals surface area contributed by atoms with Gasteiger partial charge in [0.15, 0.2) is 9.84 Å². The summed E-state index contributed by atoms with van der Waals surface area (Å²) in [4.78, 5) is 0.429. The predicted molar refractivity (Wildman–Crippen MR) is 84.7 cm³/mol. The third-order valence-electron chi connectivity index (χ3n) is 2.87. The lowest BCUT2D eigenvalue weighted by Crippen LogP contribution is -2.15. The molecular weight excluding hydrogens is 294 g/mol. The number of unbranched alkanes of at least 4 members (excludes halogenated alkanes) is 2. The maximum atomic E-state index is 12.1. The summed E-state index contributed by atoms with van der Waals surface area (Å²) in [6, 6.07) is 6.40. The number of sulfone groups is 1. The Kier molecular flexibility index (Phi) is 7.12. The largest absolute Gasteiger partial charge is 0.389 e. The average Bonchev–Trinajstić information content (AvgIpc) is 2.43. The Balaban J connectivity index is 2.56. The van der Waals surface area contributed by atoms with Crippen LogP contribution in [0.2, 0.25) is 0 Å². The van der Waals surface area contributed by atoms with Crippen LogP contribution in [-0.4, -0.2) is 32.4 Å². The van der Waals surface area contributed by atoms with Gasteiger partial charge in [0.25, 0.3) is 0 Å². The first-order chi connectivity index (χ1) is 9.47. The van der Waals surface area contributed by atoms with Crippen molar-refractivity contribution in [2.45, 2.75) is 31.1 Å². The average molecular weight is 315 g/mol. The zero-order valence-corrected chi connectivity index (χ0v) is 13.3. The van der Waals surface area contributed by atoms with Crippen molar-refractivity contribution in [2.75, 3.05) is 19.0 Å². The fourth-order valence-electron chi connectivity index (χ4n) is 1.69. The quantitative estimate of drug-likeness (QED) is 0.559. The Morgan fingerprint density at radius 2 is 2.05 bits per heavy atom. The van der Waals surface area contributed by atoms with E-state index in [4.69, 9.17) is 22.7 Å². The first kappa shape index (κ1) is 17.1. The third-order valence-corrected chi connectivity index (χ3v) is 4.78. The van der Waals surface area contributed by atoms with E-state index >= 15 is 0 Å². The van der Waals surface area contributed by atoms with Gasteiger partial charge in [-0.15, -0.1) is 0 Å².